The highest BCUT2D eigenvalue weighted by Gasteiger charge is 2.02. The number of anilines is 1. The van der Waals surface area contributed by atoms with E-state index in [0.29, 0.717) is 0 Å². The highest BCUT2D eigenvalue weighted by Crippen LogP contribution is 2.27. The molecule has 4 aromatic rings. The predicted molar refractivity (Wildman–Crippen MR) is 99.2 cm³/mol. The molecule has 23 heavy (non-hydrogen) atoms. The van der Waals surface area contributed by atoms with Crippen molar-refractivity contribution in [2.45, 2.75) is 0 Å². The van der Waals surface area contributed by atoms with Crippen LogP contribution >= 0.6 is 0 Å². The maximum absolute atomic E-state index is 5.75. The molecule has 0 saturated carbocycles. The molecule has 0 saturated heterocycles. The summed E-state index contributed by atoms with van der Waals surface area (Å²) in [6, 6.07) is 31.7. The molecule has 0 radical (unpaired) electrons. The number of hydrogen-bond donors (Lipinski definition) is 1. The Hall–Kier alpha value is -3.06. The molecule has 4 aromatic carbocycles. The summed E-state index contributed by atoms with van der Waals surface area (Å²) in [5.41, 5.74) is 11.4. The van der Waals surface area contributed by atoms with E-state index in [-0.39, 0.29) is 0 Å². The van der Waals surface area contributed by atoms with Crippen LogP contribution in [0, 0.1) is 0 Å². The Morgan fingerprint density at radius 1 is 0.435 bits per heavy atom. The van der Waals surface area contributed by atoms with Crippen LogP contribution in [-0.2, 0) is 0 Å². The molecule has 1 heteroatoms. The van der Waals surface area contributed by atoms with Gasteiger partial charge < -0.3 is 5.73 Å². The van der Waals surface area contributed by atoms with E-state index in [9.17, 15) is 0 Å². The molecule has 0 amide bonds. The maximum Gasteiger partial charge on any atom is 0.0314 e. The number of fused-ring (bicyclic) bond motifs is 1. The molecule has 0 unspecified atom stereocenters. The lowest BCUT2D eigenvalue weighted by molar-refractivity contribution is 1.60. The average molecular weight is 295 g/mol. The molecule has 0 heterocycles. The van der Waals surface area contributed by atoms with E-state index < -0.39 is 0 Å². The first-order chi connectivity index (χ1) is 11.3. The van der Waals surface area contributed by atoms with Crippen LogP contribution in [-0.4, -0.2) is 0 Å². The molecular weight excluding hydrogens is 278 g/mol. The largest absolute Gasteiger partial charge is 0.399 e. The predicted octanol–water partition coefficient (Wildman–Crippen LogP) is 5.76. The third-order valence-corrected chi connectivity index (χ3v) is 4.21. The van der Waals surface area contributed by atoms with Gasteiger partial charge in [-0.2, -0.15) is 0 Å². The lowest BCUT2D eigenvalue weighted by Crippen LogP contribution is -1.84. The zero-order valence-electron chi connectivity index (χ0n) is 12.7. The summed E-state index contributed by atoms with van der Waals surface area (Å²) in [6.07, 6.45) is 0. The van der Waals surface area contributed by atoms with Gasteiger partial charge in [0, 0.05) is 5.69 Å². The van der Waals surface area contributed by atoms with Crippen LogP contribution < -0.4 is 5.73 Å². The summed E-state index contributed by atoms with van der Waals surface area (Å²) >= 11 is 0. The monoisotopic (exact) mass is 295 g/mol. The van der Waals surface area contributed by atoms with Crippen molar-refractivity contribution in [1.29, 1.82) is 0 Å². The second-order valence-corrected chi connectivity index (χ2v) is 5.76. The molecule has 0 aliphatic carbocycles. The van der Waals surface area contributed by atoms with Crippen LogP contribution in [0.25, 0.3) is 33.0 Å². The van der Waals surface area contributed by atoms with Gasteiger partial charge in [0.2, 0.25) is 0 Å². The minimum absolute atomic E-state index is 0.793. The number of nitrogen functional groups attached to an aromatic ring is 1. The van der Waals surface area contributed by atoms with E-state index in [1.54, 1.807) is 0 Å². The highest BCUT2D eigenvalue weighted by atomic mass is 14.5. The smallest absolute Gasteiger partial charge is 0.0314 e. The number of nitrogens with two attached hydrogens (primary N) is 1. The van der Waals surface area contributed by atoms with Crippen molar-refractivity contribution in [3.63, 3.8) is 0 Å². The van der Waals surface area contributed by atoms with Gasteiger partial charge in [0.15, 0.2) is 0 Å². The Morgan fingerprint density at radius 3 is 1.57 bits per heavy atom. The van der Waals surface area contributed by atoms with Crippen molar-refractivity contribution >= 4 is 16.5 Å². The molecule has 4 rings (SSSR count). The summed E-state index contributed by atoms with van der Waals surface area (Å²) in [5.74, 6) is 0. The number of benzene rings is 4. The molecule has 0 bridgehead atoms. The lowest BCUT2D eigenvalue weighted by Gasteiger charge is -2.07. The van der Waals surface area contributed by atoms with E-state index in [1.807, 2.05) is 12.1 Å². The van der Waals surface area contributed by atoms with E-state index in [1.165, 1.54) is 33.0 Å². The van der Waals surface area contributed by atoms with Crippen LogP contribution in [0.5, 0.6) is 0 Å². The van der Waals surface area contributed by atoms with Crippen LogP contribution in [0.15, 0.2) is 91.0 Å². The number of hydrogen-bond acceptors (Lipinski definition) is 1. The van der Waals surface area contributed by atoms with E-state index >= 15 is 0 Å². The van der Waals surface area contributed by atoms with E-state index in [4.69, 9.17) is 5.73 Å². The topological polar surface area (TPSA) is 26.0 Å². The number of rotatable bonds is 2. The van der Waals surface area contributed by atoms with Gasteiger partial charge >= 0.3 is 0 Å². The second-order valence-electron chi connectivity index (χ2n) is 5.76. The first kappa shape index (κ1) is 13.6. The molecular formula is C22H17N. The summed E-state index contributed by atoms with van der Waals surface area (Å²) in [4.78, 5) is 0. The van der Waals surface area contributed by atoms with Crippen molar-refractivity contribution in [1.82, 2.24) is 0 Å². The standard InChI is InChI=1S/C22H17N/c23-22-13-11-18(12-14-22)17-5-7-19(8-6-17)21-10-9-16-3-1-2-4-20(16)15-21/h1-15H,23H2. The van der Waals surface area contributed by atoms with Crippen LogP contribution in [0.2, 0.25) is 0 Å². The van der Waals surface area contributed by atoms with Crippen molar-refractivity contribution in [2.24, 2.45) is 0 Å². The second kappa shape index (κ2) is 5.62. The molecule has 1 nitrogen and oxygen atoms in total. The van der Waals surface area contributed by atoms with Gasteiger partial charge in [0.05, 0.1) is 0 Å². The molecule has 0 aliphatic rings. The Kier molecular flexibility index (Phi) is 3.32. The fourth-order valence-electron chi connectivity index (χ4n) is 2.90. The summed E-state index contributed by atoms with van der Waals surface area (Å²) in [7, 11) is 0. The minimum atomic E-state index is 0.793. The van der Waals surface area contributed by atoms with E-state index in [2.05, 4.69) is 78.9 Å². The summed E-state index contributed by atoms with van der Waals surface area (Å²) in [5, 5.41) is 2.54. The van der Waals surface area contributed by atoms with Gasteiger partial charge in [-0.1, -0.05) is 72.8 Å². The molecule has 0 atom stereocenters. The van der Waals surface area contributed by atoms with Gasteiger partial charge in [0.25, 0.3) is 0 Å². The molecule has 0 fully saturated rings. The maximum atomic E-state index is 5.75. The Labute approximate surface area is 136 Å². The third-order valence-electron chi connectivity index (χ3n) is 4.21. The molecule has 0 aliphatic heterocycles. The lowest BCUT2D eigenvalue weighted by atomic mass is 9.98. The normalized spacial score (nSPS) is 10.8. The fraction of sp³-hybridized carbons (Fsp3) is 0. The molecule has 0 spiro atoms. The molecule has 0 aromatic heterocycles. The Bertz CT molecular complexity index is 951. The van der Waals surface area contributed by atoms with Gasteiger partial charge in [-0.15, -0.1) is 0 Å². The van der Waals surface area contributed by atoms with Gasteiger partial charge in [-0.05, 0) is 51.2 Å². The zero-order chi connectivity index (χ0) is 15.6. The summed E-state index contributed by atoms with van der Waals surface area (Å²) in [6.45, 7) is 0. The van der Waals surface area contributed by atoms with E-state index in [0.717, 1.165) is 5.69 Å². The summed E-state index contributed by atoms with van der Waals surface area (Å²) < 4.78 is 0. The minimum Gasteiger partial charge on any atom is -0.399 e. The first-order valence-electron chi connectivity index (χ1n) is 7.75. The highest BCUT2D eigenvalue weighted by molar-refractivity contribution is 5.87. The van der Waals surface area contributed by atoms with Crippen LogP contribution in [0.1, 0.15) is 0 Å². The zero-order valence-corrected chi connectivity index (χ0v) is 12.7. The molecule has 110 valence electrons. The fourth-order valence-corrected chi connectivity index (χ4v) is 2.90. The first-order valence-corrected chi connectivity index (χ1v) is 7.75. The Morgan fingerprint density at radius 2 is 0.913 bits per heavy atom. The van der Waals surface area contributed by atoms with Crippen molar-refractivity contribution in [3.05, 3.63) is 91.0 Å². The quantitative estimate of drug-likeness (QED) is 0.468. The van der Waals surface area contributed by atoms with Crippen molar-refractivity contribution in [2.75, 3.05) is 5.73 Å². The van der Waals surface area contributed by atoms with Crippen LogP contribution in [0.4, 0.5) is 5.69 Å². The Balaban J connectivity index is 1.70. The average Bonchev–Trinajstić information content (AvgIpc) is 2.62. The third kappa shape index (κ3) is 2.69. The van der Waals surface area contributed by atoms with Crippen LogP contribution in [0.3, 0.4) is 0 Å². The van der Waals surface area contributed by atoms with Crippen molar-refractivity contribution in [3.8, 4) is 22.3 Å². The molecule has 2 N–H and O–H groups in total. The van der Waals surface area contributed by atoms with Crippen molar-refractivity contribution < 1.29 is 0 Å². The van der Waals surface area contributed by atoms with Gasteiger partial charge in [-0.3, -0.25) is 0 Å². The van der Waals surface area contributed by atoms with Gasteiger partial charge in [-0.25, -0.2) is 0 Å². The van der Waals surface area contributed by atoms with Gasteiger partial charge in [0.1, 0.15) is 0 Å². The SMILES string of the molecule is Nc1ccc(-c2ccc(-c3ccc4ccccc4c3)cc2)cc1.